The number of carbonyl (C=O) groups excluding carboxylic acids is 2. The number of benzene rings is 1. The van der Waals surface area contributed by atoms with E-state index in [-0.39, 0.29) is 29.7 Å². The molecule has 0 fully saturated rings. The van der Waals surface area contributed by atoms with Crippen LogP contribution < -0.4 is 16.2 Å². The molecule has 0 unspecified atom stereocenters. The van der Waals surface area contributed by atoms with Gasteiger partial charge in [0.1, 0.15) is 5.65 Å². The Bertz CT molecular complexity index is 1220. The van der Waals surface area contributed by atoms with Crippen LogP contribution in [0.1, 0.15) is 42.7 Å². The molecule has 0 spiro atoms. The molecule has 0 aliphatic carbocycles. The van der Waals surface area contributed by atoms with Crippen molar-refractivity contribution in [1.29, 1.82) is 0 Å². The van der Waals surface area contributed by atoms with Gasteiger partial charge in [-0.25, -0.2) is 0 Å². The Morgan fingerprint density at radius 3 is 2.55 bits per heavy atom. The summed E-state index contributed by atoms with van der Waals surface area (Å²) in [5.41, 5.74) is 4.92. The number of carbonyl (C=O) groups is 2. The molecular weight excluding hydrogens is 394 g/mol. The van der Waals surface area contributed by atoms with Crippen molar-refractivity contribution in [3.8, 4) is 0 Å². The van der Waals surface area contributed by atoms with Crippen LogP contribution in [0.25, 0.3) is 11.0 Å². The second kappa shape index (κ2) is 8.75. The lowest BCUT2D eigenvalue weighted by molar-refractivity contribution is -0.119. The molecule has 0 saturated heterocycles. The molecule has 8 nitrogen and oxygen atoms in total. The minimum absolute atomic E-state index is 0.0862. The highest BCUT2D eigenvalue weighted by atomic mass is 16.2. The van der Waals surface area contributed by atoms with E-state index in [1.54, 1.807) is 23.9 Å². The van der Waals surface area contributed by atoms with Gasteiger partial charge in [-0.3, -0.25) is 19.1 Å². The number of H-pyrrole nitrogens is 1. The fourth-order valence-corrected chi connectivity index (χ4v) is 3.63. The Labute approximate surface area is 181 Å². The van der Waals surface area contributed by atoms with E-state index in [0.29, 0.717) is 29.0 Å². The van der Waals surface area contributed by atoms with Gasteiger partial charge < -0.3 is 15.6 Å². The van der Waals surface area contributed by atoms with Crippen molar-refractivity contribution >= 4 is 34.2 Å². The predicted octanol–water partition coefficient (Wildman–Crippen LogP) is 3.35. The number of hydrogen-bond donors (Lipinski definition) is 3. The zero-order chi connectivity index (χ0) is 22.9. The quantitative estimate of drug-likeness (QED) is 0.565. The summed E-state index contributed by atoms with van der Waals surface area (Å²) in [4.78, 5) is 40.0. The summed E-state index contributed by atoms with van der Waals surface area (Å²) < 4.78 is 1.66. The van der Waals surface area contributed by atoms with E-state index in [0.717, 1.165) is 22.2 Å². The Kier molecular flexibility index (Phi) is 6.29. The Morgan fingerprint density at radius 1 is 1.16 bits per heavy atom. The number of amides is 2. The van der Waals surface area contributed by atoms with Gasteiger partial charge in [-0.1, -0.05) is 19.9 Å². The van der Waals surface area contributed by atoms with Crippen LogP contribution in [0.5, 0.6) is 0 Å². The van der Waals surface area contributed by atoms with Gasteiger partial charge in [0, 0.05) is 41.7 Å². The van der Waals surface area contributed by atoms with E-state index in [1.807, 2.05) is 40.7 Å². The smallest absolute Gasteiger partial charge is 0.253 e. The summed E-state index contributed by atoms with van der Waals surface area (Å²) in [7, 11) is 1.79. The number of pyridine rings is 1. The summed E-state index contributed by atoms with van der Waals surface area (Å²) >= 11 is 0. The van der Waals surface area contributed by atoms with Crippen molar-refractivity contribution in [2.45, 2.75) is 47.5 Å². The van der Waals surface area contributed by atoms with Crippen LogP contribution in [-0.2, 0) is 23.1 Å². The zero-order valence-electron chi connectivity index (χ0n) is 18.8. The van der Waals surface area contributed by atoms with E-state index >= 15 is 0 Å². The van der Waals surface area contributed by atoms with Gasteiger partial charge in [0.15, 0.2) is 0 Å². The van der Waals surface area contributed by atoms with Crippen molar-refractivity contribution in [3.05, 3.63) is 50.9 Å². The largest absolute Gasteiger partial charge is 0.326 e. The van der Waals surface area contributed by atoms with Crippen LogP contribution in [0, 0.1) is 26.7 Å². The maximum atomic E-state index is 12.6. The van der Waals surface area contributed by atoms with E-state index in [4.69, 9.17) is 0 Å². The number of fused-ring (bicyclic) bond motifs is 1. The molecule has 0 radical (unpaired) electrons. The SMILES string of the molecule is Cc1ccc(NC(=O)C(C)C)cc1NC(=O)CCc1c(C)c2c(C)nn(C)c2[nH]c1=O. The van der Waals surface area contributed by atoms with Crippen LogP contribution in [0.4, 0.5) is 11.4 Å². The van der Waals surface area contributed by atoms with Gasteiger partial charge in [-0.15, -0.1) is 0 Å². The topological polar surface area (TPSA) is 109 Å². The first-order chi connectivity index (χ1) is 14.6. The van der Waals surface area contributed by atoms with Crippen LogP contribution in [0.3, 0.4) is 0 Å². The van der Waals surface area contributed by atoms with Crippen LogP contribution in [0.15, 0.2) is 23.0 Å². The third kappa shape index (κ3) is 4.68. The number of hydrogen-bond acceptors (Lipinski definition) is 4. The highest BCUT2D eigenvalue weighted by Crippen LogP contribution is 2.23. The first kappa shape index (κ1) is 22.3. The first-order valence-electron chi connectivity index (χ1n) is 10.3. The third-order valence-corrected chi connectivity index (χ3v) is 5.46. The molecule has 0 bridgehead atoms. The van der Waals surface area contributed by atoms with E-state index in [1.165, 1.54) is 0 Å². The monoisotopic (exact) mass is 423 g/mol. The molecule has 3 aromatic rings. The molecular formula is C23H29N5O3. The van der Waals surface area contributed by atoms with Crippen molar-refractivity contribution < 1.29 is 9.59 Å². The summed E-state index contributed by atoms with van der Waals surface area (Å²) in [6, 6.07) is 5.40. The number of nitrogens with one attached hydrogen (secondary N) is 3. The van der Waals surface area contributed by atoms with Gasteiger partial charge in [-0.2, -0.15) is 5.10 Å². The Hall–Kier alpha value is -3.42. The van der Waals surface area contributed by atoms with E-state index < -0.39 is 0 Å². The second-order valence-corrected chi connectivity index (χ2v) is 8.21. The van der Waals surface area contributed by atoms with E-state index in [9.17, 15) is 14.4 Å². The fourth-order valence-electron chi connectivity index (χ4n) is 3.63. The lowest BCUT2D eigenvalue weighted by Gasteiger charge is -2.13. The average Bonchev–Trinajstić information content (AvgIpc) is 2.97. The van der Waals surface area contributed by atoms with Crippen molar-refractivity contribution in [1.82, 2.24) is 14.8 Å². The standard InChI is InChI=1S/C23H29N5O3/c1-12(2)22(30)24-16-8-7-13(3)18(11-16)25-19(29)10-9-17-14(4)20-15(5)27-28(6)21(20)26-23(17)31/h7-8,11-12H,9-10H2,1-6H3,(H,24,30)(H,25,29)(H,26,31). The molecule has 164 valence electrons. The minimum atomic E-state index is -0.199. The second-order valence-electron chi connectivity index (χ2n) is 8.21. The lowest BCUT2D eigenvalue weighted by atomic mass is 10.0. The number of nitrogens with zero attached hydrogens (tertiary/aromatic N) is 2. The van der Waals surface area contributed by atoms with Crippen LogP contribution in [-0.4, -0.2) is 26.6 Å². The van der Waals surface area contributed by atoms with Crippen molar-refractivity contribution in [3.63, 3.8) is 0 Å². The summed E-state index contributed by atoms with van der Waals surface area (Å²) in [5.74, 6) is -0.421. The Morgan fingerprint density at radius 2 is 1.87 bits per heavy atom. The highest BCUT2D eigenvalue weighted by molar-refractivity contribution is 5.95. The van der Waals surface area contributed by atoms with Gasteiger partial charge in [0.05, 0.1) is 5.69 Å². The molecule has 2 heterocycles. The molecule has 0 saturated carbocycles. The zero-order valence-corrected chi connectivity index (χ0v) is 18.8. The minimum Gasteiger partial charge on any atom is -0.326 e. The summed E-state index contributed by atoms with van der Waals surface area (Å²) in [6.45, 7) is 9.32. The van der Waals surface area contributed by atoms with Crippen LogP contribution >= 0.6 is 0 Å². The number of aromatic amines is 1. The van der Waals surface area contributed by atoms with Gasteiger partial charge in [-0.05, 0) is 50.5 Å². The number of anilines is 2. The van der Waals surface area contributed by atoms with Gasteiger partial charge in [0.25, 0.3) is 5.56 Å². The predicted molar refractivity (Wildman–Crippen MR) is 122 cm³/mol. The van der Waals surface area contributed by atoms with Crippen LogP contribution in [0.2, 0.25) is 0 Å². The number of aromatic nitrogens is 3. The summed E-state index contributed by atoms with van der Waals surface area (Å²) in [5, 5.41) is 11.0. The molecule has 31 heavy (non-hydrogen) atoms. The normalized spacial score (nSPS) is 11.2. The molecule has 8 heteroatoms. The molecule has 2 amide bonds. The fraction of sp³-hybridized carbons (Fsp3) is 0.391. The third-order valence-electron chi connectivity index (χ3n) is 5.46. The van der Waals surface area contributed by atoms with Crippen molar-refractivity contribution in [2.75, 3.05) is 10.6 Å². The maximum absolute atomic E-state index is 12.6. The maximum Gasteiger partial charge on any atom is 0.253 e. The van der Waals surface area contributed by atoms with Gasteiger partial charge in [0.2, 0.25) is 11.8 Å². The molecule has 0 aliphatic heterocycles. The molecule has 1 aromatic carbocycles. The first-order valence-corrected chi connectivity index (χ1v) is 10.3. The average molecular weight is 424 g/mol. The molecule has 0 atom stereocenters. The Balaban J connectivity index is 1.75. The summed E-state index contributed by atoms with van der Waals surface area (Å²) in [6.07, 6.45) is 0.483. The number of rotatable bonds is 6. The molecule has 0 aliphatic rings. The molecule has 3 rings (SSSR count). The van der Waals surface area contributed by atoms with Crippen molar-refractivity contribution in [2.24, 2.45) is 13.0 Å². The lowest BCUT2D eigenvalue weighted by Crippen LogP contribution is -2.20. The molecule has 3 N–H and O–H groups in total. The van der Waals surface area contributed by atoms with E-state index in [2.05, 4.69) is 20.7 Å². The van der Waals surface area contributed by atoms with Gasteiger partial charge >= 0.3 is 0 Å². The number of aryl methyl sites for hydroxylation is 4. The highest BCUT2D eigenvalue weighted by Gasteiger charge is 2.16. The molecule has 2 aromatic heterocycles.